The van der Waals surface area contributed by atoms with Gasteiger partial charge in [0.15, 0.2) is 0 Å². The first-order valence-electron chi connectivity index (χ1n) is 8.02. The number of carbonyl (C=O) groups excluding carboxylic acids is 2. The second-order valence-corrected chi connectivity index (χ2v) is 5.71. The van der Waals surface area contributed by atoms with Crippen LogP contribution in [0.15, 0.2) is 45.6 Å². The summed E-state index contributed by atoms with van der Waals surface area (Å²) in [6, 6.07) is 9.39. The van der Waals surface area contributed by atoms with Crippen LogP contribution in [0.5, 0.6) is 5.75 Å². The van der Waals surface area contributed by atoms with Crippen molar-refractivity contribution in [3.05, 3.63) is 52.2 Å². The van der Waals surface area contributed by atoms with Crippen LogP contribution < -0.4 is 15.9 Å². The number of carbonyl (C=O) groups is 2. The first-order valence-corrected chi connectivity index (χ1v) is 8.02. The number of hydrogen-bond acceptors (Lipinski definition) is 6. The van der Waals surface area contributed by atoms with Crippen LogP contribution in [-0.4, -0.2) is 25.1 Å². The van der Waals surface area contributed by atoms with Gasteiger partial charge in [-0.25, -0.2) is 0 Å². The second kappa shape index (κ2) is 7.26. The minimum Gasteiger partial charge on any atom is -0.493 e. The van der Waals surface area contributed by atoms with Gasteiger partial charge in [-0.1, -0.05) is 0 Å². The van der Waals surface area contributed by atoms with E-state index in [-0.39, 0.29) is 23.6 Å². The minimum atomic E-state index is -0.591. The van der Waals surface area contributed by atoms with Crippen molar-refractivity contribution in [1.29, 1.82) is 0 Å². The van der Waals surface area contributed by atoms with Crippen LogP contribution in [0.25, 0.3) is 21.9 Å². The Balaban J connectivity index is 1.87. The maximum atomic E-state index is 12.7. The van der Waals surface area contributed by atoms with Gasteiger partial charge in [0.2, 0.25) is 11.3 Å². The Bertz CT molecular complexity index is 1050. The lowest BCUT2D eigenvalue weighted by atomic mass is 10.1. The Morgan fingerprint density at radius 2 is 1.85 bits per heavy atom. The predicted octanol–water partition coefficient (Wildman–Crippen LogP) is 2.38. The zero-order valence-electron chi connectivity index (χ0n) is 14.1. The molecule has 0 radical (unpaired) electrons. The van der Waals surface area contributed by atoms with E-state index in [4.69, 9.17) is 19.6 Å². The Morgan fingerprint density at radius 3 is 2.58 bits per heavy atom. The Kier molecular flexibility index (Phi) is 4.88. The molecule has 0 aliphatic carbocycles. The summed E-state index contributed by atoms with van der Waals surface area (Å²) in [5.74, 6) is -0.410. The molecule has 0 bridgehead atoms. The van der Waals surface area contributed by atoms with E-state index in [1.807, 2.05) is 0 Å². The topological polar surface area (TPSA) is 109 Å². The molecule has 3 rings (SSSR count). The third-order valence-electron chi connectivity index (χ3n) is 3.79. The van der Waals surface area contributed by atoms with Crippen LogP contribution >= 0.6 is 0 Å². The van der Waals surface area contributed by atoms with Crippen molar-refractivity contribution in [3.8, 4) is 5.75 Å². The number of ether oxygens (including phenoxy) is 2. The van der Waals surface area contributed by atoms with Crippen molar-refractivity contribution in [2.45, 2.75) is 13.3 Å². The second-order valence-electron chi connectivity index (χ2n) is 5.71. The van der Waals surface area contributed by atoms with Crippen molar-refractivity contribution in [2.75, 3.05) is 13.2 Å². The first kappa shape index (κ1) is 17.5. The number of hydrogen-bond donors (Lipinski definition) is 1. The van der Waals surface area contributed by atoms with E-state index in [1.54, 1.807) is 18.2 Å². The van der Waals surface area contributed by atoms with E-state index in [1.165, 1.54) is 25.1 Å². The van der Waals surface area contributed by atoms with Crippen molar-refractivity contribution in [1.82, 2.24) is 0 Å². The number of nitrogens with two attached hydrogens (primary N) is 1. The fourth-order valence-electron chi connectivity index (χ4n) is 2.54. The molecule has 0 fully saturated rings. The lowest BCUT2D eigenvalue weighted by molar-refractivity contribution is -0.141. The monoisotopic (exact) mass is 355 g/mol. The van der Waals surface area contributed by atoms with E-state index in [2.05, 4.69) is 0 Å². The highest BCUT2D eigenvalue weighted by molar-refractivity contribution is 5.98. The lowest BCUT2D eigenvalue weighted by Crippen LogP contribution is -2.11. The molecule has 0 aliphatic rings. The normalized spacial score (nSPS) is 10.8. The smallest absolute Gasteiger partial charge is 0.302 e. The Morgan fingerprint density at radius 1 is 1.04 bits per heavy atom. The van der Waals surface area contributed by atoms with E-state index >= 15 is 0 Å². The summed E-state index contributed by atoms with van der Waals surface area (Å²) in [5, 5.41) is 0.733. The van der Waals surface area contributed by atoms with Gasteiger partial charge in [-0.3, -0.25) is 14.4 Å². The summed E-state index contributed by atoms with van der Waals surface area (Å²) < 4.78 is 16.1. The fraction of sp³-hybridized carbons (Fsp3) is 0.211. The summed E-state index contributed by atoms with van der Waals surface area (Å²) in [6.45, 7) is 1.97. The van der Waals surface area contributed by atoms with Gasteiger partial charge < -0.3 is 19.6 Å². The number of esters is 1. The van der Waals surface area contributed by atoms with Crippen LogP contribution in [0.4, 0.5) is 0 Å². The highest BCUT2D eigenvalue weighted by Gasteiger charge is 2.11. The molecule has 0 saturated heterocycles. The van der Waals surface area contributed by atoms with Crippen molar-refractivity contribution < 1.29 is 23.5 Å². The largest absolute Gasteiger partial charge is 0.493 e. The summed E-state index contributed by atoms with van der Waals surface area (Å²) in [6.07, 6.45) is 0.542. The Labute approximate surface area is 148 Å². The number of primary amides is 1. The summed E-state index contributed by atoms with van der Waals surface area (Å²) >= 11 is 0. The quantitative estimate of drug-likeness (QED) is 0.413. The third-order valence-corrected chi connectivity index (χ3v) is 3.79. The number of benzene rings is 2. The molecule has 2 N–H and O–H groups in total. The van der Waals surface area contributed by atoms with Crippen LogP contribution in [-0.2, 0) is 9.53 Å². The van der Waals surface area contributed by atoms with Gasteiger partial charge in [-0.15, -0.1) is 0 Å². The lowest BCUT2D eigenvalue weighted by Gasteiger charge is -2.08. The third kappa shape index (κ3) is 3.66. The van der Waals surface area contributed by atoms with Gasteiger partial charge in [-0.2, -0.15) is 0 Å². The molecule has 1 heterocycles. The standard InChI is InChI=1S/C19H17NO6/c1-11(21)24-7-2-8-25-13-4-6-16-15(10-13)18(22)14-5-3-12(19(20)23)9-17(14)26-16/h3-6,9-10H,2,7-8H2,1H3,(H2,20,23). The number of rotatable bonds is 6. The van der Waals surface area contributed by atoms with Gasteiger partial charge >= 0.3 is 5.97 Å². The highest BCUT2D eigenvalue weighted by atomic mass is 16.5. The predicted molar refractivity (Wildman–Crippen MR) is 95.3 cm³/mol. The molecule has 0 saturated carbocycles. The fourth-order valence-corrected chi connectivity index (χ4v) is 2.54. The van der Waals surface area contributed by atoms with Gasteiger partial charge in [0.1, 0.15) is 16.9 Å². The van der Waals surface area contributed by atoms with Crippen LogP contribution in [0.2, 0.25) is 0 Å². The molecule has 26 heavy (non-hydrogen) atoms. The van der Waals surface area contributed by atoms with Crippen molar-refractivity contribution in [3.63, 3.8) is 0 Å². The maximum absolute atomic E-state index is 12.7. The van der Waals surface area contributed by atoms with E-state index < -0.39 is 5.91 Å². The average molecular weight is 355 g/mol. The molecule has 0 unspecified atom stereocenters. The minimum absolute atomic E-state index is 0.220. The molecule has 1 amide bonds. The maximum Gasteiger partial charge on any atom is 0.302 e. The number of amides is 1. The van der Waals surface area contributed by atoms with Crippen LogP contribution in [0.3, 0.4) is 0 Å². The molecule has 134 valence electrons. The Hall–Kier alpha value is -3.35. The molecule has 0 atom stereocenters. The molecule has 7 heteroatoms. The summed E-state index contributed by atoms with van der Waals surface area (Å²) in [7, 11) is 0. The average Bonchev–Trinajstić information content (AvgIpc) is 2.61. The van der Waals surface area contributed by atoms with Crippen LogP contribution in [0, 0.1) is 0 Å². The van der Waals surface area contributed by atoms with Gasteiger partial charge in [-0.05, 0) is 36.4 Å². The van der Waals surface area contributed by atoms with Crippen molar-refractivity contribution in [2.24, 2.45) is 5.73 Å². The molecular formula is C19H17NO6. The van der Waals surface area contributed by atoms with E-state index in [0.717, 1.165) is 0 Å². The SMILES string of the molecule is CC(=O)OCCCOc1ccc2oc3cc(C(N)=O)ccc3c(=O)c2c1. The first-order chi connectivity index (χ1) is 12.5. The molecule has 2 aromatic carbocycles. The summed E-state index contributed by atoms with van der Waals surface area (Å²) in [4.78, 5) is 34.7. The van der Waals surface area contributed by atoms with Gasteiger partial charge in [0, 0.05) is 18.9 Å². The highest BCUT2D eigenvalue weighted by Crippen LogP contribution is 2.23. The number of fused-ring (bicyclic) bond motifs is 2. The van der Waals surface area contributed by atoms with E-state index in [9.17, 15) is 14.4 Å². The molecule has 0 aliphatic heterocycles. The van der Waals surface area contributed by atoms with Gasteiger partial charge in [0.05, 0.1) is 24.0 Å². The van der Waals surface area contributed by atoms with E-state index in [0.29, 0.717) is 40.7 Å². The zero-order valence-corrected chi connectivity index (χ0v) is 14.1. The van der Waals surface area contributed by atoms with Crippen molar-refractivity contribution >= 4 is 33.8 Å². The molecule has 3 aromatic rings. The molecular weight excluding hydrogens is 338 g/mol. The van der Waals surface area contributed by atoms with Gasteiger partial charge in [0.25, 0.3) is 0 Å². The van der Waals surface area contributed by atoms with Crippen LogP contribution in [0.1, 0.15) is 23.7 Å². The zero-order chi connectivity index (χ0) is 18.7. The molecule has 0 spiro atoms. The molecule has 7 nitrogen and oxygen atoms in total. The summed E-state index contributed by atoms with van der Waals surface area (Å²) in [5.41, 5.74) is 5.99. The molecule has 1 aromatic heterocycles.